The van der Waals surface area contributed by atoms with Crippen molar-refractivity contribution in [3.8, 4) is 0 Å². The van der Waals surface area contributed by atoms with E-state index < -0.39 is 5.82 Å². The van der Waals surface area contributed by atoms with Crippen LogP contribution >= 0.6 is 0 Å². The van der Waals surface area contributed by atoms with Crippen molar-refractivity contribution in [1.29, 1.82) is 0 Å². The van der Waals surface area contributed by atoms with Gasteiger partial charge < -0.3 is 11.1 Å². The maximum Gasteiger partial charge on any atom is 0.326 e. The number of amides is 2. The number of nitrogens with two attached hydrogens (primary N) is 1. The molecule has 1 aliphatic rings. The van der Waals surface area contributed by atoms with Gasteiger partial charge in [0.2, 0.25) is 0 Å². The number of hydrogen-bond acceptors (Lipinski definition) is 3. The molecule has 3 N–H and O–H groups in total. The van der Waals surface area contributed by atoms with E-state index in [0.29, 0.717) is 17.1 Å². The van der Waals surface area contributed by atoms with E-state index in [9.17, 15) is 9.18 Å². The number of hydrogen-bond donors (Lipinski definition) is 2. The van der Waals surface area contributed by atoms with Crippen molar-refractivity contribution in [2.24, 2.45) is 0 Å². The van der Waals surface area contributed by atoms with Crippen molar-refractivity contribution in [3.63, 3.8) is 0 Å². The van der Waals surface area contributed by atoms with Gasteiger partial charge in [-0.3, -0.25) is 4.90 Å². The molecule has 1 aromatic heterocycles. The monoisotopic (exact) mass is 272 g/mol. The summed E-state index contributed by atoms with van der Waals surface area (Å²) in [6.45, 7) is 2.03. The number of para-hydroxylation sites is 1. The Labute approximate surface area is 115 Å². The van der Waals surface area contributed by atoms with Crippen LogP contribution in [0, 0.1) is 12.7 Å². The van der Waals surface area contributed by atoms with Gasteiger partial charge in [-0.15, -0.1) is 0 Å². The molecule has 0 aliphatic carbocycles. The Hall–Kier alpha value is -2.63. The highest BCUT2D eigenvalue weighted by atomic mass is 19.1. The molecule has 6 heteroatoms. The molecule has 0 atom stereocenters. The highest BCUT2D eigenvalue weighted by Crippen LogP contribution is 2.31. The van der Waals surface area contributed by atoms with Gasteiger partial charge in [0, 0.05) is 17.8 Å². The summed E-state index contributed by atoms with van der Waals surface area (Å²) in [5.74, 6) is -0.0911. The number of halogens is 1. The minimum atomic E-state index is -0.424. The molecule has 0 spiro atoms. The van der Waals surface area contributed by atoms with Crippen LogP contribution < -0.4 is 16.0 Å². The van der Waals surface area contributed by atoms with Crippen molar-refractivity contribution in [1.82, 2.24) is 4.98 Å². The zero-order valence-electron chi connectivity index (χ0n) is 10.9. The van der Waals surface area contributed by atoms with Gasteiger partial charge in [0.1, 0.15) is 11.6 Å². The number of aryl methyl sites for hydroxylation is 1. The predicted molar refractivity (Wildman–Crippen MR) is 75.0 cm³/mol. The van der Waals surface area contributed by atoms with Gasteiger partial charge in [-0.25, -0.2) is 14.2 Å². The lowest BCUT2D eigenvalue weighted by Gasteiger charge is -2.30. The number of benzene rings is 1. The number of rotatable bonds is 1. The summed E-state index contributed by atoms with van der Waals surface area (Å²) in [7, 11) is 0. The van der Waals surface area contributed by atoms with Gasteiger partial charge in [0.05, 0.1) is 17.9 Å². The number of fused-ring (bicyclic) bond motifs is 1. The molecule has 2 amide bonds. The van der Waals surface area contributed by atoms with Crippen LogP contribution in [-0.2, 0) is 6.54 Å². The van der Waals surface area contributed by atoms with Crippen LogP contribution in [0.5, 0.6) is 0 Å². The number of aromatic nitrogens is 1. The van der Waals surface area contributed by atoms with Crippen LogP contribution in [0.15, 0.2) is 30.5 Å². The molecule has 0 unspecified atom stereocenters. The Balaban J connectivity index is 2.05. The lowest BCUT2D eigenvalue weighted by molar-refractivity contribution is 0.255. The average molecular weight is 272 g/mol. The Morgan fingerprint density at radius 1 is 1.45 bits per heavy atom. The Kier molecular flexibility index (Phi) is 2.78. The molecule has 5 nitrogen and oxygen atoms in total. The van der Waals surface area contributed by atoms with Gasteiger partial charge in [0.25, 0.3) is 0 Å². The smallest absolute Gasteiger partial charge is 0.326 e. The van der Waals surface area contributed by atoms with E-state index in [1.807, 2.05) is 0 Å². The number of nitrogens with one attached hydrogen (secondary N) is 1. The molecule has 1 aliphatic heterocycles. The van der Waals surface area contributed by atoms with E-state index in [1.54, 1.807) is 31.3 Å². The Bertz CT molecular complexity index is 681. The molecule has 3 rings (SSSR count). The van der Waals surface area contributed by atoms with E-state index in [0.717, 1.165) is 5.56 Å². The summed E-state index contributed by atoms with van der Waals surface area (Å²) < 4.78 is 14.0. The molecule has 0 saturated heterocycles. The first-order valence-corrected chi connectivity index (χ1v) is 6.14. The second-order valence-corrected chi connectivity index (χ2v) is 4.69. The molecule has 20 heavy (non-hydrogen) atoms. The summed E-state index contributed by atoms with van der Waals surface area (Å²) in [5.41, 5.74) is 7.98. The molecule has 0 saturated carbocycles. The van der Waals surface area contributed by atoms with Crippen molar-refractivity contribution >= 4 is 23.2 Å². The summed E-state index contributed by atoms with van der Waals surface area (Å²) in [5, 5.41) is 2.70. The molecule has 2 heterocycles. The first-order chi connectivity index (χ1) is 9.56. The molecule has 102 valence electrons. The van der Waals surface area contributed by atoms with Gasteiger partial charge >= 0.3 is 6.03 Å². The molecule has 0 fully saturated rings. The highest BCUT2D eigenvalue weighted by molar-refractivity contribution is 6.04. The van der Waals surface area contributed by atoms with Crippen molar-refractivity contribution in [3.05, 3.63) is 47.4 Å². The normalized spacial score (nSPS) is 13.9. The van der Waals surface area contributed by atoms with Crippen molar-refractivity contribution in [2.45, 2.75) is 13.5 Å². The Morgan fingerprint density at radius 3 is 3.00 bits per heavy atom. The number of nitrogen functional groups attached to an aromatic ring is 1. The van der Waals surface area contributed by atoms with Crippen LogP contribution in [-0.4, -0.2) is 11.0 Å². The van der Waals surface area contributed by atoms with Gasteiger partial charge in [0.15, 0.2) is 0 Å². The maximum absolute atomic E-state index is 14.0. The number of pyridine rings is 1. The fourth-order valence-electron chi connectivity index (χ4n) is 2.31. The molecule has 0 bridgehead atoms. The topological polar surface area (TPSA) is 71.2 Å². The first kappa shape index (κ1) is 12.4. The lowest BCUT2D eigenvalue weighted by Crippen LogP contribution is -2.39. The lowest BCUT2D eigenvalue weighted by atomic mass is 10.1. The van der Waals surface area contributed by atoms with Crippen LogP contribution in [0.4, 0.5) is 26.4 Å². The third-order valence-corrected chi connectivity index (χ3v) is 3.28. The zero-order chi connectivity index (χ0) is 14.3. The largest absolute Gasteiger partial charge is 0.384 e. The average Bonchev–Trinajstić information content (AvgIpc) is 2.39. The first-order valence-electron chi connectivity index (χ1n) is 6.14. The predicted octanol–water partition coefficient (Wildman–Crippen LogP) is 2.66. The fourth-order valence-corrected chi connectivity index (χ4v) is 2.31. The van der Waals surface area contributed by atoms with E-state index in [4.69, 9.17) is 5.73 Å². The number of carbonyl (C=O) groups excluding carboxylic acids is 1. The van der Waals surface area contributed by atoms with Gasteiger partial charge in [-0.2, -0.15) is 0 Å². The fraction of sp³-hybridized carbons (Fsp3) is 0.143. The van der Waals surface area contributed by atoms with Crippen LogP contribution in [0.3, 0.4) is 0 Å². The molecule has 0 radical (unpaired) electrons. The van der Waals surface area contributed by atoms with Crippen molar-refractivity contribution < 1.29 is 9.18 Å². The maximum atomic E-state index is 14.0. The second kappa shape index (κ2) is 4.48. The summed E-state index contributed by atoms with van der Waals surface area (Å²) in [6.07, 6.45) is 1.59. The van der Waals surface area contributed by atoms with Gasteiger partial charge in [-0.05, 0) is 18.6 Å². The quantitative estimate of drug-likeness (QED) is 0.838. The van der Waals surface area contributed by atoms with Crippen LogP contribution in [0.25, 0.3) is 0 Å². The van der Waals surface area contributed by atoms with Crippen LogP contribution in [0.2, 0.25) is 0 Å². The third kappa shape index (κ3) is 1.95. The number of anilines is 3. The summed E-state index contributed by atoms with van der Waals surface area (Å²) >= 11 is 0. The second-order valence-electron chi connectivity index (χ2n) is 4.69. The standard InChI is InChI=1S/C14H13FN4O/c1-8-3-2-4-10(15)13(8)19-7-9-6-17-12(16)5-11(9)18-14(19)20/h2-6H,7H2,1H3,(H2,16,17)(H,18,20). The SMILES string of the molecule is Cc1cccc(F)c1N1Cc2cnc(N)cc2NC1=O. The summed E-state index contributed by atoms with van der Waals surface area (Å²) in [4.78, 5) is 17.5. The zero-order valence-corrected chi connectivity index (χ0v) is 10.9. The molecule has 2 aromatic rings. The van der Waals surface area contributed by atoms with E-state index in [2.05, 4.69) is 10.3 Å². The number of nitrogens with zero attached hydrogens (tertiary/aromatic N) is 2. The van der Waals surface area contributed by atoms with Gasteiger partial charge in [-0.1, -0.05) is 12.1 Å². The highest BCUT2D eigenvalue weighted by Gasteiger charge is 2.27. The Morgan fingerprint density at radius 2 is 2.25 bits per heavy atom. The minimum absolute atomic E-state index is 0.260. The van der Waals surface area contributed by atoms with E-state index in [1.165, 1.54) is 11.0 Å². The number of urea groups is 1. The molecular formula is C14H13FN4O. The molecular weight excluding hydrogens is 259 g/mol. The summed E-state index contributed by atoms with van der Waals surface area (Å²) in [6, 6.07) is 5.94. The third-order valence-electron chi connectivity index (χ3n) is 3.28. The minimum Gasteiger partial charge on any atom is -0.384 e. The van der Waals surface area contributed by atoms with Crippen LogP contribution in [0.1, 0.15) is 11.1 Å². The molecule has 1 aromatic carbocycles. The van der Waals surface area contributed by atoms with Crippen molar-refractivity contribution in [2.75, 3.05) is 16.0 Å². The number of carbonyl (C=O) groups is 1. The van der Waals surface area contributed by atoms with E-state index >= 15 is 0 Å². The van der Waals surface area contributed by atoms with E-state index in [-0.39, 0.29) is 18.3 Å².